The molecule has 0 radical (unpaired) electrons. The largest absolute Gasteiger partial charge is 0.354 e. The Labute approximate surface area is 150 Å². The van der Waals surface area contributed by atoms with Gasteiger partial charge in [-0.2, -0.15) is 0 Å². The summed E-state index contributed by atoms with van der Waals surface area (Å²) >= 11 is 0. The minimum Gasteiger partial charge on any atom is -0.354 e. The summed E-state index contributed by atoms with van der Waals surface area (Å²) in [6.45, 7) is 7.11. The van der Waals surface area contributed by atoms with E-state index < -0.39 is 0 Å². The van der Waals surface area contributed by atoms with Crippen molar-refractivity contribution >= 4 is 35.8 Å². The fraction of sp³-hybridized carbons (Fsp3) is 0.500. The van der Waals surface area contributed by atoms with Gasteiger partial charge in [0.2, 0.25) is 5.91 Å². The van der Waals surface area contributed by atoms with Gasteiger partial charge in [0.1, 0.15) is 0 Å². The number of carbonyl (C=O) groups excluding carboxylic acids is 1. The zero-order valence-electron chi connectivity index (χ0n) is 13.7. The topological polar surface area (TPSA) is 65.5 Å². The zero-order valence-corrected chi connectivity index (χ0v) is 16.0. The van der Waals surface area contributed by atoms with Crippen molar-refractivity contribution < 1.29 is 4.79 Å². The minimum atomic E-state index is -0.0565. The van der Waals surface area contributed by atoms with E-state index in [-0.39, 0.29) is 36.4 Å². The van der Waals surface area contributed by atoms with Crippen LogP contribution in [0.25, 0.3) is 0 Å². The van der Waals surface area contributed by atoms with Crippen LogP contribution in [-0.2, 0) is 11.3 Å². The molecule has 0 aliphatic rings. The van der Waals surface area contributed by atoms with E-state index in [0.29, 0.717) is 24.5 Å². The Hall–Kier alpha value is -1.31. The van der Waals surface area contributed by atoms with E-state index in [4.69, 9.17) is 0 Å². The number of halogens is 1. The molecule has 0 aliphatic heterocycles. The van der Waals surface area contributed by atoms with Gasteiger partial charge >= 0.3 is 0 Å². The first-order chi connectivity index (χ1) is 10.0. The summed E-state index contributed by atoms with van der Waals surface area (Å²) in [5.41, 5.74) is 1.08. The van der Waals surface area contributed by atoms with E-state index in [1.807, 2.05) is 30.3 Å². The molecule has 0 spiro atoms. The zero-order chi connectivity index (χ0) is 15.7. The summed E-state index contributed by atoms with van der Waals surface area (Å²) in [6, 6.07) is 10.1. The summed E-state index contributed by atoms with van der Waals surface area (Å²) < 4.78 is 0. The number of benzene rings is 1. The van der Waals surface area contributed by atoms with Gasteiger partial charge in [-0.3, -0.25) is 9.79 Å². The maximum atomic E-state index is 11.8. The van der Waals surface area contributed by atoms with Crippen LogP contribution in [-0.4, -0.2) is 31.5 Å². The fourth-order valence-electron chi connectivity index (χ4n) is 1.60. The molecule has 0 aromatic heterocycles. The Morgan fingerprint density at radius 1 is 1.14 bits per heavy atom. The lowest BCUT2D eigenvalue weighted by Gasteiger charge is -2.20. The number of hydrogen-bond acceptors (Lipinski definition) is 2. The van der Waals surface area contributed by atoms with Gasteiger partial charge in [-0.15, -0.1) is 24.0 Å². The quantitative estimate of drug-likeness (QED) is 0.377. The minimum absolute atomic E-state index is 0. The molecule has 0 heterocycles. The van der Waals surface area contributed by atoms with Crippen LogP contribution in [0.5, 0.6) is 0 Å². The SMILES string of the molecule is CN=C(NCC(=O)NCc1ccccc1)NC(C)C(C)C.I. The Bertz CT molecular complexity index is 462. The number of nitrogens with zero attached hydrogens (tertiary/aromatic N) is 1. The van der Waals surface area contributed by atoms with Crippen molar-refractivity contribution in [2.75, 3.05) is 13.6 Å². The van der Waals surface area contributed by atoms with E-state index in [1.54, 1.807) is 7.05 Å². The number of hydrogen-bond donors (Lipinski definition) is 3. The highest BCUT2D eigenvalue weighted by molar-refractivity contribution is 14.0. The third-order valence-corrected chi connectivity index (χ3v) is 3.34. The Balaban J connectivity index is 0.00000441. The molecule has 1 aromatic rings. The molecule has 1 atom stereocenters. The molecule has 0 bridgehead atoms. The second-order valence-electron chi connectivity index (χ2n) is 5.37. The lowest BCUT2D eigenvalue weighted by molar-refractivity contribution is -0.120. The predicted octanol–water partition coefficient (Wildman–Crippen LogP) is 2.13. The van der Waals surface area contributed by atoms with Gasteiger partial charge in [-0.05, 0) is 18.4 Å². The summed E-state index contributed by atoms with van der Waals surface area (Å²) in [4.78, 5) is 15.9. The molecular formula is C16H27IN4O. The molecule has 1 unspecified atom stereocenters. The first kappa shape index (κ1) is 20.7. The van der Waals surface area contributed by atoms with E-state index in [9.17, 15) is 4.79 Å². The first-order valence-corrected chi connectivity index (χ1v) is 7.30. The predicted molar refractivity (Wildman–Crippen MR) is 103 cm³/mol. The normalized spacial score (nSPS) is 12.3. The summed E-state index contributed by atoms with van der Waals surface area (Å²) in [5.74, 6) is 1.08. The van der Waals surface area contributed by atoms with Crippen LogP contribution in [0.1, 0.15) is 26.3 Å². The van der Waals surface area contributed by atoms with Crippen LogP contribution in [0.3, 0.4) is 0 Å². The third-order valence-electron chi connectivity index (χ3n) is 3.34. The average Bonchev–Trinajstić information content (AvgIpc) is 2.49. The van der Waals surface area contributed by atoms with Crippen molar-refractivity contribution in [1.29, 1.82) is 0 Å². The van der Waals surface area contributed by atoms with Gasteiger partial charge in [0.05, 0.1) is 6.54 Å². The van der Waals surface area contributed by atoms with E-state index in [1.165, 1.54) is 0 Å². The van der Waals surface area contributed by atoms with Crippen LogP contribution in [0.2, 0.25) is 0 Å². The van der Waals surface area contributed by atoms with E-state index in [0.717, 1.165) is 5.56 Å². The first-order valence-electron chi connectivity index (χ1n) is 7.30. The monoisotopic (exact) mass is 418 g/mol. The van der Waals surface area contributed by atoms with Crippen molar-refractivity contribution in [2.24, 2.45) is 10.9 Å². The lowest BCUT2D eigenvalue weighted by Crippen LogP contribution is -2.47. The molecule has 5 nitrogen and oxygen atoms in total. The summed E-state index contributed by atoms with van der Waals surface area (Å²) in [6.07, 6.45) is 0. The number of nitrogens with one attached hydrogen (secondary N) is 3. The van der Waals surface area contributed by atoms with Crippen molar-refractivity contribution in [1.82, 2.24) is 16.0 Å². The molecule has 124 valence electrons. The lowest BCUT2D eigenvalue weighted by atomic mass is 10.1. The van der Waals surface area contributed by atoms with Crippen LogP contribution in [0.4, 0.5) is 0 Å². The Kier molecular flexibility index (Phi) is 10.6. The molecule has 3 N–H and O–H groups in total. The van der Waals surface area contributed by atoms with Crippen LogP contribution >= 0.6 is 24.0 Å². The Morgan fingerprint density at radius 3 is 2.32 bits per heavy atom. The van der Waals surface area contributed by atoms with Gasteiger partial charge in [0, 0.05) is 19.6 Å². The summed E-state index contributed by atoms with van der Waals surface area (Å²) in [7, 11) is 1.70. The van der Waals surface area contributed by atoms with Gasteiger partial charge in [-0.25, -0.2) is 0 Å². The van der Waals surface area contributed by atoms with Crippen LogP contribution in [0.15, 0.2) is 35.3 Å². The smallest absolute Gasteiger partial charge is 0.239 e. The maximum Gasteiger partial charge on any atom is 0.239 e. The van der Waals surface area contributed by atoms with Crippen LogP contribution in [0, 0.1) is 5.92 Å². The second-order valence-corrected chi connectivity index (χ2v) is 5.37. The van der Waals surface area contributed by atoms with Crippen molar-refractivity contribution in [3.8, 4) is 0 Å². The van der Waals surface area contributed by atoms with Gasteiger partial charge in [-0.1, -0.05) is 44.2 Å². The van der Waals surface area contributed by atoms with Gasteiger partial charge in [0.25, 0.3) is 0 Å². The maximum absolute atomic E-state index is 11.8. The third kappa shape index (κ3) is 8.21. The molecule has 1 amide bonds. The molecule has 0 saturated carbocycles. The van der Waals surface area contributed by atoms with Gasteiger partial charge < -0.3 is 16.0 Å². The van der Waals surface area contributed by atoms with Crippen LogP contribution < -0.4 is 16.0 Å². The molecule has 0 fully saturated rings. The Morgan fingerprint density at radius 2 is 1.77 bits per heavy atom. The molecule has 0 saturated heterocycles. The highest BCUT2D eigenvalue weighted by Crippen LogP contribution is 1.99. The average molecular weight is 418 g/mol. The molecule has 22 heavy (non-hydrogen) atoms. The van der Waals surface area contributed by atoms with Crippen molar-refractivity contribution in [3.05, 3.63) is 35.9 Å². The standard InChI is InChI=1S/C16H26N4O.HI/c1-12(2)13(3)20-16(17-4)19-11-15(21)18-10-14-8-6-5-7-9-14;/h5-9,12-13H,10-11H2,1-4H3,(H,18,21)(H2,17,19,20);1H. The van der Waals surface area contributed by atoms with E-state index >= 15 is 0 Å². The second kappa shape index (κ2) is 11.3. The molecule has 1 rings (SSSR count). The van der Waals surface area contributed by atoms with Crippen molar-refractivity contribution in [3.63, 3.8) is 0 Å². The highest BCUT2D eigenvalue weighted by atomic mass is 127. The van der Waals surface area contributed by atoms with Crippen molar-refractivity contribution in [2.45, 2.75) is 33.4 Å². The van der Waals surface area contributed by atoms with E-state index in [2.05, 4.69) is 41.7 Å². The molecule has 1 aromatic carbocycles. The summed E-state index contributed by atoms with van der Waals surface area (Å²) in [5, 5.41) is 9.14. The molecule has 0 aliphatic carbocycles. The molecule has 6 heteroatoms. The fourth-order valence-corrected chi connectivity index (χ4v) is 1.60. The van der Waals surface area contributed by atoms with Gasteiger partial charge in [0.15, 0.2) is 5.96 Å². The number of carbonyl (C=O) groups is 1. The number of aliphatic imine (C=N–C) groups is 1. The number of rotatable bonds is 6. The number of guanidine groups is 1. The highest BCUT2D eigenvalue weighted by Gasteiger charge is 2.09. The molecular weight excluding hydrogens is 391 g/mol. The number of amides is 1.